The van der Waals surface area contributed by atoms with Gasteiger partial charge in [-0.05, 0) is 12.1 Å². The molecule has 0 saturated heterocycles. The first-order valence-corrected chi connectivity index (χ1v) is 6.20. The molecule has 3 rings (SSSR count). The molecule has 0 spiro atoms. The van der Waals surface area contributed by atoms with Gasteiger partial charge in [-0.25, -0.2) is 9.48 Å². The van der Waals surface area contributed by atoms with Crippen molar-refractivity contribution in [3.05, 3.63) is 41.6 Å². The average molecular weight is 284 g/mol. The van der Waals surface area contributed by atoms with Crippen molar-refractivity contribution in [3.63, 3.8) is 0 Å². The van der Waals surface area contributed by atoms with Gasteiger partial charge in [0.15, 0.2) is 5.82 Å². The highest BCUT2D eigenvalue weighted by atomic mass is 16.4. The number of nitrogens with zero attached hydrogens (tertiary/aromatic N) is 6. The maximum absolute atomic E-state index is 11.4. The normalized spacial score (nSPS) is 10.8. The lowest BCUT2D eigenvalue weighted by Crippen LogP contribution is -2.11. The van der Waals surface area contributed by atoms with Gasteiger partial charge in [-0.2, -0.15) is 5.10 Å². The Balaban J connectivity index is 2.11. The second-order valence-corrected chi connectivity index (χ2v) is 4.48. The lowest BCUT2D eigenvalue weighted by Gasteiger charge is -2.00. The molecule has 2 aromatic heterocycles. The van der Waals surface area contributed by atoms with Gasteiger partial charge in [-0.3, -0.25) is 0 Å². The third-order valence-electron chi connectivity index (χ3n) is 3.04. The molecule has 21 heavy (non-hydrogen) atoms. The Morgan fingerprint density at radius 3 is 2.57 bits per heavy atom. The third-order valence-corrected chi connectivity index (χ3v) is 3.04. The fourth-order valence-corrected chi connectivity index (χ4v) is 2.13. The summed E-state index contributed by atoms with van der Waals surface area (Å²) < 4.78 is 1.43. The van der Waals surface area contributed by atoms with Crippen molar-refractivity contribution in [2.24, 2.45) is 7.05 Å². The molecule has 3 aromatic rings. The summed E-state index contributed by atoms with van der Waals surface area (Å²) in [6, 6.07) is 9.34. The smallest absolute Gasteiger partial charge is 0.341 e. The molecule has 106 valence electrons. The van der Waals surface area contributed by atoms with E-state index in [1.54, 1.807) is 14.0 Å². The van der Waals surface area contributed by atoms with Crippen LogP contribution in [0.1, 0.15) is 16.1 Å². The highest BCUT2D eigenvalue weighted by molar-refractivity contribution is 5.92. The summed E-state index contributed by atoms with van der Waals surface area (Å²) in [6.07, 6.45) is 0. The molecule has 0 aliphatic heterocycles. The van der Waals surface area contributed by atoms with Gasteiger partial charge in [0.1, 0.15) is 5.56 Å². The minimum Gasteiger partial charge on any atom is -0.477 e. The third kappa shape index (κ3) is 2.16. The molecule has 0 saturated carbocycles. The van der Waals surface area contributed by atoms with Crippen molar-refractivity contribution in [2.75, 3.05) is 0 Å². The Kier molecular flexibility index (Phi) is 2.98. The fraction of sp³-hybridized carbons (Fsp3) is 0.154. The van der Waals surface area contributed by atoms with Crippen molar-refractivity contribution >= 4 is 5.97 Å². The quantitative estimate of drug-likeness (QED) is 0.772. The van der Waals surface area contributed by atoms with E-state index in [2.05, 4.69) is 20.5 Å². The Bertz CT molecular complexity index is 805. The second kappa shape index (κ2) is 4.82. The van der Waals surface area contributed by atoms with E-state index in [-0.39, 0.29) is 11.4 Å². The van der Waals surface area contributed by atoms with Gasteiger partial charge in [-0.15, -0.1) is 15.0 Å². The zero-order valence-electron chi connectivity index (χ0n) is 11.4. The van der Waals surface area contributed by atoms with Gasteiger partial charge in [0.05, 0.1) is 5.69 Å². The summed E-state index contributed by atoms with van der Waals surface area (Å²) in [7, 11) is 1.64. The van der Waals surface area contributed by atoms with Gasteiger partial charge in [0, 0.05) is 12.6 Å². The van der Waals surface area contributed by atoms with Crippen LogP contribution in [0.4, 0.5) is 0 Å². The molecule has 8 heteroatoms. The van der Waals surface area contributed by atoms with Gasteiger partial charge in [0.25, 0.3) is 0 Å². The number of tetrazole rings is 1. The number of rotatable bonds is 3. The van der Waals surface area contributed by atoms with E-state index in [0.29, 0.717) is 11.5 Å². The van der Waals surface area contributed by atoms with Crippen molar-refractivity contribution in [3.8, 4) is 17.2 Å². The number of aromatic carboxylic acids is 1. The number of carboxylic acids is 1. The molecule has 8 nitrogen and oxygen atoms in total. The summed E-state index contributed by atoms with van der Waals surface area (Å²) in [5.41, 5.74) is 1.27. The molecule has 2 heterocycles. The maximum atomic E-state index is 11.4. The second-order valence-electron chi connectivity index (χ2n) is 4.48. The largest absolute Gasteiger partial charge is 0.477 e. The molecule has 0 amide bonds. The average Bonchev–Trinajstić information content (AvgIpc) is 3.04. The van der Waals surface area contributed by atoms with Crippen LogP contribution in [0.2, 0.25) is 0 Å². The molecule has 0 radical (unpaired) electrons. The zero-order chi connectivity index (χ0) is 15.0. The Morgan fingerprint density at radius 1 is 1.19 bits per heavy atom. The van der Waals surface area contributed by atoms with E-state index in [0.717, 1.165) is 5.56 Å². The van der Waals surface area contributed by atoms with Crippen molar-refractivity contribution < 1.29 is 9.90 Å². The van der Waals surface area contributed by atoms with Crippen molar-refractivity contribution in [1.29, 1.82) is 0 Å². The summed E-state index contributed by atoms with van der Waals surface area (Å²) in [4.78, 5) is 12.5. The maximum Gasteiger partial charge on any atom is 0.341 e. The highest BCUT2D eigenvalue weighted by Gasteiger charge is 2.23. The standard InChI is InChI=1S/C13H12N6O2/c1-8-10(13(20)21)12(18(2)15-8)19-16-11(14-17-19)9-6-4-3-5-7-9/h3-7H,1-2H3,(H,20,21). The van der Waals surface area contributed by atoms with Crippen LogP contribution in [0.3, 0.4) is 0 Å². The van der Waals surface area contributed by atoms with Crippen molar-refractivity contribution in [1.82, 2.24) is 30.0 Å². The first-order chi connectivity index (χ1) is 10.1. The number of aryl methyl sites for hydroxylation is 2. The Hall–Kier alpha value is -3.03. The first kappa shape index (κ1) is 13.0. The SMILES string of the molecule is Cc1nn(C)c(-n2nnc(-c3ccccc3)n2)c1C(=O)O. The van der Waals surface area contributed by atoms with Crippen molar-refractivity contribution in [2.45, 2.75) is 6.92 Å². The van der Waals surface area contributed by atoms with E-state index >= 15 is 0 Å². The molecule has 1 aromatic carbocycles. The summed E-state index contributed by atoms with van der Waals surface area (Å²) in [6.45, 7) is 1.63. The van der Waals surface area contributed by atoms with E-state index in [1.807, 2.05) is 30.3 Å². The van der Waals surface area contributed by atoms with Gasteiger partial charge in [-0.1, -0.05) is 30.3 Å². The van der Waals surface area contributed by atoms with Crippen LogP contribution in [0.5, 0.6) is 0 Å². The van der Waals surface area contributed by atoms with Crippen LogP contribution in [0, 0.1) is 6.92 Å². The molecule has 0 aliphatic rings. The summed E-state index contributed by atoms with van der Waals surface area (Å²) >= 11 is 0. The van der Waals surface area contributed by atoms with Crippen LogP contribution in [0.25, 0.3) is 17.2 Å². The van der Waals surface area contributed by atoms with Crippen LogP contribution < -0.4 is 0 Å². The number of carboxylic acid groups (broad SMARTS) is 1. The minimum absolute atomic E-state index is 0.0644. The Labute approximate surface area is 119 Å². The molecular formula is C13H12N6O2. The number of benzene rings is 1. The van der Waals surface area contributed by atoms with E-state index in [4.69, 9.17) is 0 Å². The van der Waals surface area contributed by atoms with Crippen LogP contribution >= 0.6 is 0 Å². The predicted octanol–water partition coefficient (Wildman–Crippen LogP) is 1.07. The number of aromatic nitrogens is 6. The monoisotopic (exact) mass is 284 g/mol. The zero-order valence-corrected chi connectivity index (χ0v) is 11.4. The molecule has 0 unspecified atom stereocenters. The minimum atomic E-state index is -1.07. The van der Waals surface area contributed by atoms with Gasteiger partial charge < -0.3 is 5.11 Å². The number of carbonyl (C=O) groups is 1. The molecule has 0 bridgehead atoms. The van der Waals surface area contributed by atoms with E-state index in [1.165, 1.54) is 9.48 Å². The fourth-order valence-electron chi connectivity index (χ4n) is 2.13. The Morgan fingerprint density at radius 2 is 1.90 bits per heavy atom. The van der Waals surface area contributed by atoms with Gasteiger partial charge >= 0.3 is 5.97 Å². The van der Waals surface area contributed by atoms with E-state index < -0.39 is 5.97 Å². The number of hydrogen-bond donors (Lipinski definition) is 1. The molecule has 0 aliphatic carbocycles. The van der Waals surface area contributed by atoms with Crippen LogP contribution in [-0.2, 0) is 7.05 Å². The lowest BCUT2D eigenvalue weighted by atomic mass is 10.2. The summed E-state index contributed by atoms with van der Waals surface area (Å²) in [5, 5.41) is 25.5. The van der Waals surface area contributed by atoms with Gasteiger partial charge in [0.2, 0.25) is 5.82 Å². The topological polar surface area (TPSA) is 98.7 Å². The predicted molar refractivity (Wildman–Crippen MR) is 73.1 cm³/mol. The lowest BCUT2D eigenvalue weighted by molar-refractivity contribution is 0.0695. The first-order valence-electron chi connectivity index (χ1n) is 6.20. The molecular weight excluding hydrogens is 272 g/mol. The van der Waals surface area contributed by atoms with E-state index in [9.17, 15) is 9.90 Å². The number of hydrogen-bond acceptors (Lipinski definition) is 5. The molecule has 0 atom stereocenters. The summed E-state index contributed by atoms with van der Waals surface area (Å²) in [5.74, 6) is -0.380. The molecule has 1 N–H and O–H groups in total. The van der Waals surface area contributed by atoms with Crippen LogP contribution in [0.15, 0.2) is 30.3 Å². The molecule has 0 fully saturated rings. The van der Waals surface area contributed by atoms with Crippen LogP contribution in [-0.4, -0.2) is 41.1 Å². The highest BCUT2D eigenvalue weighted by Crippen LogP contribution is 2.18.